The molecule has 57 heavy (non-hydrogen) atoms. The van der Waals surface area contributed by atoms with Gasteiger partial charge < -0.3 is 20.1 Å². The van der Waals surface area contributed by atoms with Crippen LogP contribution >= 0.6 is 7.82 Å². The number of phosphoric ester groups is 1. The first-order chi connectivity index (χ1) is 27.8. The fourth-order valence-electron chi connectivity index (χ4n) is 6.77. The largest absolute Gasteiger partial charge is 0.472 e. The van der Waals surface area contributed by atoms with Crippen molar-refractivity contribution < 1.29 is 37.9 Å². The molecule has 0 aromatic heterocycles. The molecule has 0 aromatic carbocycles. The number of unbranched alkanes of at least 4 members (excludes halogenated alkanes) is 28. The summed E-state index contributed by atoms with van der Waals surface area (Å²) in [6.07, 6.45) is 48.2. The molecule has 2 unspecified atom stereocenters. The molecular formula is C47H90NO8P. The van der Waals surface area contributed by atoms with Crippen LogP contribution in [-0.4, -0.2) is 54.3 Å². The first-order valence-corrected chi connectivity index (χ1v) is 25.3. The lowest BCUT2D eigenvalue weighted by atomic mass is 10.0. The Morgan fingerprint density at radius 1 is 0.544 bits per heavy atom. The van der Waals surface area contributed by atoms with Crippen molar-refractivity contribution in [2.45, 2.75) is 238 Å². The van der Waals surface area contributed by atoms with Crippen molar-refractivity contribution in [3.63, 3.8) is 0 Å². The van der Waals surface area contributed by atoms with Crippen molar-refractivity contribution in [2.75, 3.05) is 26.4 Å². The standard InChI is InChI=1S/C47H90NO8P/c1-3-5-7-9-11-13-15-17-19-21-22-24-25-27-29-31-33-35-37-39-46(50)48-41-42-55-57(52,53)56-44-45(49)43-54-47(51)40-38-36-34-32-30-28-26-23-20-18-16-14-12-10-8-6-4-2/h12,14,18,20,45,49H,3-11,13,15-17,19,21-44H2,1-2H3,(H,48,50)(H,52,53)/b14-12-,20-18-. The van der Waals surface area contributed by atoms with Gasteiger partial charge in [0.1, 0.15) is 12.7 Å². The van der Waals surface area contributed by atoms with E-state index in [1.165, 1.54) is 148 Å². The van der Waals surface area contributed by atoms with Crippen LogP contribution in [-0.2, 0) is 27.9 Å². The van der Waals surface area contributed by atoms with E-state index in [1.54, 1.807) is 0 Å². The van der Waals surface area contributed by atoms with E-state index in [0.29, 0.717) is 6.42 Å². The van der Waals surface area contributed by atoms with Crippen molar-refractivity contribution in [2.24, 2.45) is 0 Å². The second kappa shape index (κ2) is 44.1. The van der Waals surface area contributed by atoms with Crippen LogP contribution in [0.3, 0.4) is 0 Å². The normalized spacial score (nSPS) is 13.4. The average Bonchev–Trinajstić information content (AvgIpc) is 3.20. The SMILES string of the molecule is CCCCC/C=C\C/C=C\CCCCCCCCCC(=O)OCC(O)COP(=O)(O)OCCNC(=O)CCCCCCCCCCCCCCCCCCCCC. The quantitative estimate of drug-likeness (QED) is 0.0239. The van der Waals surface area contributed by atoms with Gasteiger partial charge in [-0.05, 0) is 44.9 Å². The molecule has 3 N–H and O–H groups in total. The Labute approximate surface area is 350 Å². The van der Waals surface area contributed by atoms with Crippen LogP contribution in [0, 0.1) is 0 Å². The van der Waals surface area contributed by atoms with Gasteiger partial charge in [0.25, 0.3) is 0 Å². The second-order valence-corrected chi connectivity index (χ2v) is 17.5. The first-order valence-electron chi connectivity index (χ1n) is 23.8. The number of phosphoric acid groups is 1. The lowest BCUT2D eigenvalue weighted by Crippen LogP contribution is -2.27. The molecule has 0 bridgehead atoms. The van der Waals surface area contributed by atoms with Gasteiger partial charge in [-0.25, -0.2) is 4.57 Å². The molecule has 0 aromatic rings. The molecule has 0 heterocycles. The van der Waals surface area contributed by atoms with Gasteiger partial charge in [0.2, 0.25) is 5.91 Å². The maximum atomic E-state index is 12.1. The van der Waals surface area contributed by atoms with Crippen LogP contribution in [0.1, 0.15) is 232 Å². The molecule has 2 atom stereocenters. The Morgan fingerprint density at radius 2 is 0.947 bits per heavy atom. The van der Waals surface area contributed by atoms with Gasteiger partial charge in [-0.2, -0.15) is 0 Å². The van der Waals surface area contributed by atoms with Crippen molar-refractivity contribution >= 4 is 19.7 Å². The molecule has 0 aliphatic rings. The van der Waals surface area contributed by atoms with E-state index >= 15 is 0 Å². The third-order valence-corrected chi connectivity index (χ3v) is 11.4. The number of aliphatic hydroxyl groups is 1. The minimum Gasteiger partial charge on any atom is -0.463 e. The topological polar surface area (TPSA) is 131 Å². The Hall–Kier alpha value is -1.51. The van der Waals surface area contributed by atoms with Gasteiger partial charge in [-0.1, -0.05) is 199 Å². The van der Waals surface area contributed by atoms with E-state index < -0.39 is 26.5 Å². The summed E-state index contributed by atoms with van der Waals surface area (Å²) in [5.74, 6) is -0.515. The summed E-state index contributed by atoms with van der Waals surface area (Å²) in [6.45, 7) is 3.56. The fraction of sp³-hybridized carbons (Fsp3) is 0.872. The molecule has 1 amide bonds. The number of carbonyl (C=O) groups excluding carboxylic acids is 2. The predicted octanol–water partition coefficient (Wildman–Crippen LogP) is 13.6. The summed E-state index contributed by atoms with van der Waals surface area (Å²) in [4.78, 5) is 34.0. The van der Waals surface area contributed by atoms with E-state index in [1.807, 2.05) is 0 Å². The molecule has 0 aliphatic carbocycles. The van der Waals surface area contributed by atoms with Gasteiger partial charge >= 0.3 is 13.8 Å². The highest BCUT2D eigenvalue weighted by Gasteiger charge is 2.23. The fourth-order valence-corrected chi connectivity index (χ4v) is 7.52. The number of hydrogen-bond acceptors (Lipinski definition) is 7. The minimum absolute atomic E-state index is 0.0845. The van der Waals surface area contributed by atoms with Crippen LogP contribution in [0.15, 0.2) is 24.3 Å². The molecule has 0 fully saturated rings. The van der Waals surface area contributed by atoms with E-state index in [0.717, 1.165) is 57.8 Å². The maximum Gasteiger partial charge on any atom is 0.472 e. The van der Waals surface area contributed by atoms with Crippen molar-refractivity contribution in [1.29, 1.82) is 0 Å². The van der Waals surface area contributed by atoms with E-state index in [2.05, 4.69) is 43.5 Å². The van der Waals surface area contributed by atoms with E-state index in [-0.39, 0.29) is 32.1 Å². The third-order valence-electron chi connectivity index (χ3n) is 10.4. The van der Waals surface area contributed by atoms with E-state index in [9.17, 15) is 24.2 Å². The molecule has 0 spiro atoms. The van der Waals surface area contributed by atoms with Crippen LogP contribution in [0.5, 0.6) is 0 Å². The number of esters is 1. The number of allylic oxidation sites excluding steroid dienone is 4. The number of hydrogen-bond donors (Lipinski definition) is 3. The number of ether oxygens (including phenoxy) is 1. The van der Waals surface area contributed by atoms with Crippen molar-refractivity contribution in [3.8, 4) is 0 Å². The average molecular weight is 828 g/mol. The Morgan fingerprint density at radius 3 is 1.44 bits per heavy atom. The highest BCUT2D eigenvalue weighted by Crippen LogP contribution is 2.42. The van der Waals surface area contributed by atoms with Crippen LogP contribution < -0.4 is 5.32 Å². The smallest absolute Gasteiger partial charge is 0.463 e. The Balaban J connectivity index is 3.56. The molecule has 0 rings (SSSR count). The van der Waals surface area contributed by atoms with Crippen molar-refractivity contribution in [3.05, 3.63) is 24.3 Å². The lowest BCUT2D eigenvalue weighted by Gasteiger charge is -2.15. The highest BCUT2D eigenvalue weighted by molar-refractivity contribution is 7.47. The third kappa shape index (κ3) is 45.4. The minimum atomic E-state index is -4.42. The Kier molecular flexibility index (Phi) is 42.9. The lowest BCUT2D eigenvalue weighted by molar-refractivity contribution is -0.147. The summed E-state index contributed by atoms with van der Waals surface area (Å²) >= 11 is 0. The molecule has 336 valence electrons. The van der Waals surface area contributed by atoms with Crippen LogP contribution in [0.2, 0.25) is 0 Å². The summed E-state index contributed by atoms with van der Waals surface area (Å²) in [6, 6.07) is 0. The second-order valence-electron chi connectivity index (χ2n) is 16.1. The van der Waals surface area contributed by atoms with Gasteiger partial charge in [0.05, 0.1) is 13.2 Å². The van der Waals surface area contributed by atoms with Crippen LogP contribution in [0.25, 0.3) is 0 Å². The number of carbonyl (C=O) groups is 2. The monoisotopic (exact) mass is 828 g/mol. The molecule has 0 saturated heterocycles. The highest BCUT2D eigenvalue weighted by atomic mass is 31.2. The van der Waals surface area contributed by atoms with Gasteiger partial charge in [0, 0.05) is 19.4 Å². The van der Waals surface area contributed by atoms with Crippen LogP contribution in [0.4, 0.5) is 0 Å². The zero-order valence-corrected chi connectivity index (χ0v) is 37.9. The summed E-state index contributed by atoms with van der Waals surface area (Å²) < 4.78 is 26.9. The first kappa shape index (κ1) is 55.5. The number of nitrogens with one attached hydrogen (secondary N) is 1. The van der Waals surface area contributed by atoms with Gasteiger partial charge in [-0.3, -0.25) is 18.6 Å². The van der Waals surface area contributed by atoms with E-state index in [4.69, 9.17) is 13.8 Å². The van der Waals surface area contributed by atoms with Crippen molar-refractivity contribution in [1.82, 2.24) is 5.32 Å². The summed E-state index contributed by atoms with van der Waals surface area (Å²) in [7, 11) is -4.42. The summed E-state index contributed by atoms with van der Waals surface area (Å²) in [5, 5.41) is 12.7. The molecular weight excluding hydrogens is 737 g/mol. The summed E-state index contributed by atoms with van der Waals surface area (Å²) in [5.41, 5.74) is 0. The number of amides is 1. The molecule has 0 saturated carbocycles. The number of aliphatic hydroxyl groups excluding tert-OH is 1. The van der Waals surface area contributed by atoms with Gasteiger partial charge in [-0.15, -0.1) is 0 Å². The number of rotatable bonds is 45. The maximum absolute atomic E-state index is 12.1. The zero-order valence-electron chi connectivity index (χ0n) is 37.0. The molecule has 10 heteroatoms. The Bertz CT molecular complexity index is 990. The molecule has 0 aliphatic heterocycles. The van der Waals surface area contributed by atoms with Gasteiger partial charge in [0.15, 0.2) is 0 Å². The molecule has 0 radical (unpaired) electrons. The molecule has 9 nitrogen and oxygen atoms in total. The predicted molar refractivity (Wildman–Crippen MR) is 238 cm³/mol. The zero-order chi connectivity index (χ0) is 41.8.